The SMILES string of the molecule is CC(C)(C)[Si]([O])(c1ccccc1)c1ccccc1.CCOS(=O)(=O)C(F)(F)F. The van der Waals surface area contributed by atoms with Gasteiger partial charge in [0, 0.05) is 0 Å². The number of hydrogen-bond acceptors (Lipinski definition) is 3. The van der Waals surface area contributed by atoms with Gasteiger partial charge in [0.15, 0.2) is 0 Å². The normalized spacial score (nSPS) is 12.9. The number of benzene rings is 2. The Hall–Kier alpha value is -1.68. The van der Waals surface area contributed by atoms with E-state index in [0.717, 1.165) is 17.3 Å². The van der Waals surface area contributed by atoms with Crippen LogP contribution < -0.4 is 10.4 Å². The van der Waals surface area contributed by atoms with Crippen LogP contribution in [0.15, 0.2) is 60.7 Å². The molecule has 0 aromatic heterocycles. The summed E-state index contributed by atoms with van der Waals surface area (Å²) >= 11 is 0. The molecule has 1 radical (unpaired) electrons. The standard InChI is InChI=1S/C16H19OSi.C3H5F3O3S/c1-16(2,3)18(17,14-10-6-4-7-11-14)15-12-8-5-9-13-15;1-2-9-10(7,8)3(4,5)6/h4-13H,1-3H3;2H2,1H3. The minimum atomic E-state index is -5.35. The summed E-state index contributed by atoms with van der Waals surface area (Å²) in [4.78, 5) is 13.7. The first-order chi connectivity index (χ1) is 12.8. The average Bonchev–Trinajstić information content (AvgIpc) is 2.61. The van der Waals surface area contributed by atoms with E-state index in [9.17, 15) is 26.4 Å². The maximum Gasteiger partial charge on any atom is 0.523 e. The lowest BCUT2D eigenvalue weighted by Crippen LogP contribution is -2.63. The van der Waals surface area contributed by atoms with Crippen molar-refractivity contribution in [3.63, 3.8) is 0 Å². The topological polar surface area (TPSA) is 63.3 Å². The van der Waals surface area contributed by atoms with Gasteiger partial charge in [0.2, 0.25) is 0 Å². The molecule has 0 fully saturated rings. The van der Waals surface area contributed by atoms with Crippen LogP contribution in [0.4, 0.5) is 13.2 Å². The maximum atomic E-state index is 13.7. The van der Waals surface area contributed by atoms with E-state index >= 15 is 0 Å². The first-order valence-electron chi connectivity index (χ1n) is 8.54. The van der Waals surface area contributed by atoms with Gasteiger partial charge in [-0.3, -0.25) is 8.98 Å². The lowest BCUT2D eigenvalue weighted by atomic mass is 10.2. The number of rotatable bonds is 4. The molecule has 2 aromatic carbocycles. The van der Waals surface area contributed by atoms with Gasteiger partial charge in [-0.05, 0) is 22.3 Å². The van der Waals surface area contributed by atoms with Gasteiger partial charge in [-0.2, -0.15) is 21.6 Å². The van der Waals surface area contributed by atoms with E-state index in [0.29, 0.717) is 0 Å². The molecule has 155 valence electrons. The largest absolute Gasteiger partial charge is 0.523 e. The summed E-state index contributed by atoms with van der Waals surface area (Å²) < 4.78 is 57.2. The van der Waals surface area contributed by atoms with Gasteiger partial charge in [0.1, 0.15) is 0 Å². The first-order valence-corrected chi connectivity index (χ1v) is 11.9. The van der Waals surface area contributed by atoms with Crippen LogP contribution >= 0.6 is 0 Å². The van der Waals surface area contributed by atoms with E-state index < -0.39 is 30.6 Å². The molecule has 0 amide bonds. The zero-order valence-corrected chi connectivity index (χ0v) is 18.0. The van der Waals surface area contributed by atoms with Crippen molar-refractivity contribution in [2.24, 2.45) is 0 Å². The molecule has 0 N–H and O–H groups in total. The minimum Gasteiger partial charge on any atom is -0.285 e. The quantitative estimate of drug-likeness (QED) is 0.418. The fourth-order valence-corrected chi connectivity index (χ4v) is 6.43. The van der Waals surface area contributed by atoms with Crippen LogP contribution in [0.5, 0.6) is 0 Å². The Bertz CT molecular complexity index is 793. The molecule has 0 atom stereocenters. The molecule has 0 saturated carbocycles. The zero-order chi connectivity index (χ0) is 21.6. The van der Waals surface area contributed by atoms with Crippen molar-refractivity contribution >= 4 is 28.8 Å². The summed E-state index contributed by atoms with van der Waals surface area (Å²) in [5, 5.41) is 1.67. The van der Waals surface area contributed by atoms with Crippen LogP contribution in [0.3, 0.4) is 0 Å². The van der Waals surface area contributed by atoms with Gasteiger partial charge in [0.25, 0.3) is 0 Å². The lowest BCUT2D eigenvalue weighted by molar-refractivity contribution is -0.0539. The molecule has 4 nitrogen and oxygen atoms in total. The van der Waals surface area contributed by atoms with Gasteiger partial charge in [0.05, 0.1) is 6.61 Å². The molecule has 0 aliphatic heterocycles. The Labute approximate surface area is 165 Å². The van der Waals surface area contributed by atoms with Crippen molar-refractivity contribution in [3.05, 3.63) is 60.7 Å². The van der Waals surface area contributed by atoms with E-state index in [1.54, 1.807) is 0 Å². The molecule has 2 rings (SSSR count). The number of halogens is 3. The summed E-state index contributed by atoms with van der Waals surface area (Å²) in [5.41, 5.74) is -5.30. The second kappa shape index (κ2) is 9.21. The van der Waals surface area contributed by atoms with E-state index in [4.69, 9.17) is 0 Å². The summed E-state index contributed by atoms with van der Waals surface area (Å²) in [7, 11) is -8.30. The Balaban J connectivity index is 0.000000336. The Morgan fingerprint density at radius 1 is 0.857 bits per heavy atom. The molecule has 0 aliphatic rings. The van der Waals surface area contributed by atoms with Crippen LogP contribution in [0.2, 0.25) is 5.04 Å². The highest BCUT2D eigenvalue weighted by atomic mass is 32.2. The van der Waals surface area contributed by atoms with E-state index in [2.05, 4.69) is 25.0 Å². The van der Waals surface area contributed by atoms with Crippen molar-refractivity contribution in [3.8, 4) is 0 Å². The van der Waals surface area contributed by atoms with Crippen LogP contribution in [0.1, 0.15) is 27.7 Å². The predicted molar refractivity (Wildman–Crippen MR) is 105 cm³/mol. The van der Waals surface area contributed by atoms with Crippen LogP contribution in [0.25, 0.3) is 0 Å². The third-order valence-electron chi connectivity index (χ3n) is 3.97. The highest BCUT2D eigenvalue weighted by Gasteiger charge is 2.49. The number of hydrogen-bond donors (Lipinski definition) is 0. The highest BCUT2D eigenvalue weighted by Crippen LogP contribution is 2.34. The van der Waals surface area contributed by atoms with E-state index in [-0.39, 0.29) is 5.04 Å². The first kappa shape index (κ1) is 24.4. The molecule has 0 bridgehead atoms. The Morgan fingerprint density at radius 3 is 1.43 bits per heavy atom. The van der Waals surface area contributed by atoms with Crippen LogP contribution in [0, 0.1) is 0 Å². The molecule has 0 aliphatic carbocycles. The lowest BCUT2D eigenvalue weighted by Gasteiger charge is -2.36. The second-order valence-electron chi connectivity index (χ2n) is 6.97. The monoisotopic (exact) mass is 433 g/mol. The van der Waals surface area contributed by atoms with E-state index in [1.165, 1.54) is 0 Å². The molecule has 0 heterocycles. The van der Waals surface area contributed by atoms with Crippen molar-refractivity contribution in [2.45, 2.75) is 38.2 Å². The average molecular weight is 434 g/mol. The molecule has 0 spiro atoms. The van der Waals surface area contributed by atoms with Crippen LogP contribution in [-0.2, 0) is 19.1 Å². The Kier molecular flexibility index (Phi) is 8.01. The van der Waals surface area contributed by atoms with Gasteiger partial charge in [-0.25, -0.2) is 0 Å². The maximum absolute atomic E-state index is 13.7. The molecule has 28 heavy (non-hydrogen) atoms. The summed E-state index contributed by atoms with van der Waals surface area (Å²) in [6.45, 7) is 6.83. The zero-order valence-electron chi connectivity index (χ0n) is 16.2. The van der Waals surface area contributed by atoms with Gasteiger partial charge in [-0.1, -0.05) is 81.4 Å². The second-order valence-corrected chi connectivity index (χ2v) is 12.6. The van der Waals surface area contributed by atoms with Crippen molar-refractivity contribution < 1.29 is 30.6 Å². The smallest absolute Gasteiger partial charge is 0.285 e. The van der Waals surface area contributed by atoms with Crippen molar-refractivity contribution in [1.82, 2.24) is 0 Å². The molecule has 0 unspecified atom stereocenters. The third-order valence-corrected chi connectivity index (χ3v) is 9.49. The molecular formula is C19H24F3O4SSi. The molecule has 9 heteroatoms. The minimum absolute atomic E-state index is 0.254. The van der Waals surface area contributed by atoms with E-state index in [1.807, 2.05) is 60.7 Å². The van der Waals surface area contributed by atoms with Crippen LogP contribution in [-0.4, -0.2) is 28.9 Å². The third kappa shape index (κ3) is 5.66. The molecule has 0 saturated heterocycles. The van der Waals surface area contributed by atoms with Crippen molar-refractivity contribution in [1.29, 1.82) is 0 Å². The molecular weight excluding hydrogens is 409 g/mol. The highest BCUT2D eigenvalue weighted by molar-refractivity contribution is 7.87. The predicted octanol–water partition coefficient (Wildman–Crippen LogP) is 3.85. The Morgan fingerprint density at radius 2 is 1.21 bits per heavy atom. The molecule has 2 aromatic rings. The summed E-state index contributed by atoms with van der Waals surface area (Å²) in [6, 6.07) is 19.7. The summed E-state index contributed by atoms with van der Waals surface area (Å²) in [6.07, 6.45) is 0. The summed E-state index contributed by atoms with van der Waals surface area (Å²) in [5.74, 6) is 0. The van der Waals surface area contributed by atoms with Gasteiger partial charge < -0.3 is 0 Å². The number of alkyl halides is 3. The van der Waals surface area contributed by atoms with Gasteiger partial charge >= 0.3 is 23.9 Å². The van der Waals surface area contributed by atoms with Gasteiger partial charge in [-0.15, -0.1) is 0 Å². The fraction of sp³-hybridized carbons (Fsp3) is 0.368. The fourth-order valence-electron chi connectivity index (χ4n) is 2.60. The van der Waals surface area contributed by atoms with Crippen molar-refractivity contribution in [2.75, 3.05) is 6.61 Å².